The van der Waals surface area contributed by atoms with Crippen molar-refractivity contribution >= 4 is 21.8 Å². The van der Waals surface area contributed by atoms with Crippen LogP contribution in [0.15, 0.2) is 128 Å². The van der Waals surface area contributed by atoms with Crippen LogP contribution < -0.4 is 0 Å². The van der Waals surface area contributed by atoms with Crippen molar-refractivity contribution in [2.45, 2.75) is 0 Å². The van der Waals surface area contributed by atoms with Crippen molar-refractivity contribution in [3.05, 3.63) is 128 Å². The summed E-state index contributed by atoms with van der Waals surface area (Å²) in [4.78, 5) is 23.9. The summed E-state index contributed by atoms with van der Waals surface area (Å²) in [7, 11) is 0. The van der Waals surface area contributed by atoms with E-state index in [-0.39, 0.29) is 0 Å². The van der Waals surface area contributed by atoms with E-state index < -0.39 is 0 Å². The molecule has 0 spiro atoms. The zero-order valence-electron chi connectivity index (χ0n) is 20.4. The summed E-state index contributed by atoms with van der Waals surface area (Å²) in [6.45, 7) is 0. The van der Waals surface area contributed by atoms with E-state index in [2.05, 4.69) is 45.3 Å². The Labute approximate surface area is 219 Å². The molecule has 4 aromatic heterocycles. The molecule has 178 valence electrons. The van der Waals surface area contributed by atoms with Crippen LogP contribution in [0.1, 0.15) is 0 Å². The van der Waals surface area contributed by atoms with E-state index in [0.29, 0.717) is 5.82 Å². The van der Waals surface area contributed by atoms with Gasteiger partial charge in [-0.15, -0.1) is 0 Å². The van der Waals surface area contributed by atoms with Gasteiger partial charge in [0.15, 0.2) is 5.82 Å². The van der Waals surface area contributed by atoms with Gasteiger partial charge in [-0.3, -0.25) is 15.0 Å². The fraction of sp³-hybridized carbons (Fsp3) is 0. The second-order valence-corrected chi connectivity index (χ2v) is 9.02. The van der Waals surface area contributed by atoms with Crippen molar-refractivity contribution in [1.82, 2.24) is 24.9 Å². The van der Waals surface area contributed by atoms with Gasteiger partial charge in [-0.05, 0) is 60.7 Å². The summed E-state index contributed by atoms with van der Waals surface area (Å²) in [6, 6.07) is 36.6. The molecule has 0 saturated heterocycles. The number of para-hydroxylation sites is 2. The van der Waals surface area contributed by atoms with Crippen LogP contribution in [-0.4, -0.2) is 24.9 Å². The van der Waals surface area contributed by atoms with Crippen LogP contribution in [0, 0.1) is 0 Å². The first kappa shape index (κ1) is 21.9. The second-order valence-electron chi connectivity index (χ2n) is 9.02. The van der Waals surface area contributed by atoms with Crippen LogP contribution in [-0.2, 0) is 0 Å². The lowest BCUT2D eigenvalue weighted by Gasteiger charge is -2.13. The number of hydrogen-bond donors (Lipinski definition) is 0. The lowest BCUT2D eigenvalue weighted by molar-refractivity contribution is 1.23. The highest BCUT2D eigenvalue weighted by Gasteiger charge is 2.16. The molecule has 0 N–H and O–H groups in total. The van der Waals surface area contributed by atoms with Gasteiger partial charge in [-0.1, -0.05) is 48.5 Å². The Morgan fingerprint density at radius 1 is 0.421 bits per heavy atom. The molecule has 5 heteroatoms. The van der Waals surface area contributed by atoms with Crippen molar-refractivity contribution in [3.63, 3.8) is 0 Å². The molecule has 0 radical (unpaired) electrons. The Balaban J connectivity index is 1.51. The van der Waals surface area contributed by atoms with Crippen LogP contribution >= 0.6 is 0 Å². The number of aromatic nitrogens is 5. The summed E-state index contributed by atoms with van der Waals surface area (Å²) in [5, 5.41) is 2.01. The van der Waals surface area contributed by atoms with Gasteiger partial charge in [0.05, 0.1) is 28.1 Å². The average Bonchev–Trinajstić information content (AvgIpc) is 3.01. The molecule has 0 amide bonds. The Kier molecular flexibility index (Phi) is 5.37. The van der Waals surface area contributed by atoms with Gasteiger partial charge >= 0.3 is 0 Å². The van der Waals surface area contributed by atoms with Gasteiger partial charge in [-0.2, -0.15) is 0 Å². The lowest BCUT2D eigenvalue weighted by atomic mass is 9.97. The molecule has 7 rings (SSSR count). The highest BCUT2D eigenvalue weighted by Crippen LogP contribution is 2.35. The van der Waals surface area contributed by atoms with Crippen LogP contribution in [0.5, 0.6) is 0 Å². The van der Waals surface area contributed by atoms with Gasteiger partial charge in [0, 0.05) is 51.6 Å². The molecule has 3 aromatic carbocycles. The molecule has 0 bridgehead atoms. The van der Waals surface area contributed by atoms with E-state index in [9.17, 15) is 0 Å². The van der Waals surface area contributed by atoms with E-state index >= 15 is 0 Å². The topological polar surface area (TPSA) is 64.5 Å². The van der Waals surface area contributed by atoms with Crippen molar-refractivity contribution in [3.8, 4) is 45.2 Å². The van der Waals surface area contributed by atoms with E-state index in [1.165, 1.54) is 0 Å². The molecule has 38 heavy (non-hydrogen) atoms. The third-order valence-corrected chi connectivity index (χ3v) is 6.62. The fourth-order valence-corrected chi connectivity index (χ4v) is 4.84. The molecule has 5 nitrogen and oxygen atoms in total. The average molecular weight is 488 g/mol. The van der Waals surface area contributed by atoms with E-state index in [1.54, 1.807) is 0 Å². The van der Waals surface area contributed by atoms with Crippen LogP contribution in [0.2, 0.25) is 0 Å². The Bertz CT molecular complexity index is 1860. The number of nitrogens with zero attached hydrogens (tertiary/aromatic N) is 5. The summed E-state index contributed by atoms with van der Waals surface area (Å²) in [5.74, 6) is 0.667. The number of pyridine rings is 3. The molecule has 7 aromatic rings. The Hall–Kier alpha value is -5.29. The molecule has 0 unspecified atom stereocenters. The van der Waals surface area contributed by atoms with Gasteiger partial charge in [-0.25, -0.2) is 9.97 Å². The molecular formula is C33H21N5. The Morgan fingerprint density at radius 3 is 1.71 bits per heavy atom. The molecule has 0 aliphatic carbocycles. The molecule has 4 heterocycles. The van der Waals surface area contributed by atoms with Crippen molar-refractivity contribution in [1.29, 1.82) is 0 Å². The van der Waals surface area contributed by atoms with Gasteiger partial charge in [0.1, 0.15) is 0 Å². The molecular weight excluding hydrogens is 466 g/mol. The number of fused-ring (bicyclic) bond motifs is 2. The first-order chi connectivity index (χ1) is 18.8. The van der Waals surface area contributed by atoms with Crippen molar-refractivity contribution in [2.75, 3.05) is 0 Å². The normalized spacial score (nSPS) is 11.2. The summed E-state index contributed by atoms with van der Waals surface area (Å²) < 4.78 is 0. The zero-order chi connectivity index (χ0) is 25.3. The predicted octanol–water partition coefficient (Wildman–Crippen LogP) is 7.64. The molecule has 0 atom stereocenters. The second kappa shape index (κ2) is 9.30. The first-order valence-corrected chi connectivity index (χ1v) is 12.4. The smallest absolute Gasteiger partial charge is 0.161 e. The monoisotopic (exact) mass is 487 g/mol. The number of benzene rings is 3. The minimum absolute atomic E-state index is 0.667. The van der Waals surface area contributed by atoms with Crippen LogP contribution in [0.4, 0.5) is 0 Å². The quantitative estimate of drug-likeness (QED) is 0.255. The lowest BCUT2D eigenvalue weighted by Crippen LogP contribution is -1.97. The highest BCUT2D eigenvalue weighted by atomic mass is 14.9. The highest BCUT2D eigenvalue weighted by molar-refractivity contribution is 5.98. The molecule has 0 aliphatic rings. The van der Waals surface area contributed by atoms with E-state index in [1.807, 2.05) is 97.5 Å². The maximum absolute atomic E-state index is 5.18. The number of hydrogen-bond acceptors (Lipinski definition) is 5. The zero-order valence-corrected chi connectivity index (χ0v) is 20.4. The third-order valence-electron chi connectivity index (χ3n) is 6.62. The fourth-order valence-electron chi connectivity index (χ4n) is 4.84. The number of rotatable bonds is 4. The standard InChI is InChI=1S/C33H21N5/c1-3-13-30-25(9-1)26(15-18-36-30)33-37-31-14-4-2-10-27(31)32(38-33)24-20-22(28-11-5-7-16-34-28)19-23(21-24)29-12-6-8-17-35-29/h1-21H. The third kappa shape index (κ3) is 3.96. The van der Waals surface area contributed by atoms with E-state index in [0.717, 1.165) is 61.1 Å². The SMILES string of the molecule is c1ccc(-c2cc(-c3ccccn3)cc(-c3nc(-c4ccnc5ccccc45)nc4ccccc34)c2)nc1. The first-order valence-electron chi connectivity index (χ1n) is 12.4. The maximum Gasteiger partial charge on any atom is 0.161 e. The largest absolute Gasteiger partial charge is 0.256 e. The Morgan fingerprint density at radius 2 is 1.03 bits per heavy atom. The molecule has 0 fully saturated rings. The van der Waals surface area contributed by atoms with Gasteiger partial charge in [0.25, 0.3) is 0 Å². The van der Waals surface area contributed by atoms with Gasteiger partial charge in [0.2, 0.25) is 0 Å². The van der Waals surface area contributed by atoms with Crippen LogP contribution in [0.3, 0.4) is 0 Å². The summed E-state index contributed by atoms with van der Waals surface area (Å²) >= 11 is 0. The summed E-state index contributed by atoms with van der Waals surface area (Å²) in [6.07, 6.45) is 5.45. The molecule has 0 aliphatic heterocycles. The predicted molar refractivity (Wildman–Crippen MR) is 152 cm³/mol. The van der Waals surface area contributed by atoms with Crippen molar-refractivity contribution in [2.24, 2.45) is 0 Å². The maximum atomic E-state index is 5.18. The van der Waals surface area contributed by atoms with Gasteiger partial charge < -0.3 is 0 Å². The van der Waals surface area contributed by atoms with Crippen LogP contribution in [0.25, 0.3) is 67.0 Å². The van der Waals surface area contributed by atoms with Crippen molar-refractivity contribution < 1.29 is 0 Å². The molecule has 0 saturated carbocycles. The van der Waals surface area contributed by atoms with E-state index in [4.69, 9.17) is 9.97 Å². The summed E-state index contributed by atoms with van der Waals surface area (Å²) in [5.41, 5.74) is 8.39. The minimum Gasteiger partial charge on any atom is -0.256 e. The minimum atomic E-state index is 0.667.